The van der Waals surface area contributed by atoms with E-state index >= 15 is 0 Å². The summed E-state index contributed by atoms with van der Waals surface area (Å²) >= 11 is 6.01. The summed E-state index contributed by atoms with van der Waals surface area (Å²) in [6, 6.07) is 14.7. The highest BCUT2D eigenvalue weighted by atomic mass is 32.1. The smallest absolute Gasteiger partial charge is 0.332 e. The number of thiophene rings is 1. The number of nitrogens with two attached hydrogens (primary N) is 1. The fourth-order valence-corrected chi connectivity index (χ4v) is 4.38. The Labute approximate surface area is 217 Å². The van der Waals surface area contributed by atoms with Crippen LogP contribution in [-0.4, -0.2) is 17.0 Å². The molecule has 2 aromatic carbocycles. The predicted molar refractivity (Wildman–Crippen MR) is 150 cm³/mol. The Bertz CT molecular complexity index is 1170. The predicted octanol–water partition coefficient (Wildman–Crippen LogP) is 6.65. The van der Waals surface area contributed by atoms with Crippen LogP contribution in [0.3, 0.4) is 0 Å². The SMILES string of the molecule is CC(C)(C)c1cc(N(S)C(=O)NCc2ccc(N=C(N)c3cccs3)cc2)cc(C(C)(C)C)c1O. The van der Waals surface area contributed by atoms with Crippen LogP contribution in [0.2, 0.25) is 0 Å². The van der Waals surface area contributed by atoms with Crippen molar-refractivity contribution in [3.05, 3.63) is 75.5 Å². The molecule has 186 valence electrons. The molecule has 0 aliphatic heterocycles. The Kier molecular flexibility index (Phi) is 7.87. The number of amides is 2. The van der Waals surface area contributed by atoms with Crippen LogP contribution < -0.4 is 15.4 Å². The Morgan fingerprint density at radius 3 is 2.11 bits per heavy atom. The van der Waals surface area contributed by atoms with Gasteiger partial charge in [0, 0.05) is 17.7 Å². The zero-order valence-electron chi connectivity index (χ0n) is 21.1. The summed E-state index contributed by atoms with van der Waals surface area (Å²) in [5.41, 5.74) is 9.26. The number of nitrogens with zero attached hydrogens (tertiary/aromatic N) is 2. The fourth-order valence-electron chi connectivity index (χ4n) is 3.56. The van der Waals surface area contributed by atoms with Gasteiger partial charge in [-0.3, -0.25) is 0 Å². The molecule has 4 N–H and O–H groups in total. The Hall–Kier alpha value is -2.97. The van der Waals surface area contributed by atoms with Gasteiger partial charge in [-0.25, -0.2) is 14.1 Å². The lowest BCUT2D eigenvalue weighted by Crippen LogP contribution is -2.34. The first-order valence-electron chi connectivity index (χ1n) is 11.4. The van der Waals surface area contributed by atoms with Crippen LogP contribution in [0.4, 0.5) is 16.2 Å². The van der Waals surface area contributed by atoms with Crippen LogP contribution in [0.15, 0.2) is 58.9 Å². The highest BCUT2D eigenvalue weighted by molar-refractivity contribution is 7.82. The average Bonchev–Trinajstić information content (AvgIpc) is 3.31. The van der Waals surface area contributed by atoms with Gasteiger partial charge in [0.25, 0.3) is 0 Å². The summed E-state index contributed by atoms with van der Waals surface area (Å²) < 4.78 is 1.28. The van der Waals surface area contributed by atoms with Crippen molar-refractivity contribution in [3.8, 4) is 5.75 Å². The number of carbonyl (C=O) groups excluding carboxylic acids is 1. The van der Waals surface area contributed by atoms with Crippen LogP contribution in [0.1, 0.15) is 63.1 Å². The molecule has 0 saturated heterocycles. The first-order valence-corrected chi connectivity index (χ1v) is 12.7. The fraction of sp³-hybridized carbons (Fsp3) is 0.333. The quantitative estimate of drug-likeness (QED) is 0.176. The maximum Gasteiger partial charge on any atom is 0.332 e. The molecule has 0 saturated carbocycles. The molecule has 0 fully saturated rings. The van der Waals surface area contributed by atoms with Gasteiger partial charge in [-0.2, -0.15) is 0 Å². The van der Waals surface area contributed by atoms with Gasteiger partial charge in [0.15, 0.2) is 0 Å². The molecule has 0 aliphatic rings. The van der Waals surface area contributed by atoms with Crippen LogP contribution in [-0.2, 0) is 17.4 Å². The lowest BCUT2D eigenvalue weighted by molar-refractivity contribution is 0.249. The van der Waals surface area contributed by atoms with E-state index in [9.17, 15) is 9.90 Å². The van der Waals surface area contributed by atoms with E-state index in [0.717, 1.165) is 27.3 Å². The number of hydrogen-bond acceptors (Lipinski definition) is 5. The molecule has 0 bridgehead atoms. The number of hydrogen-bond donors (Lipinski definition) is 4. The van der Waals surface area contributed by atoms with Crippen LogP contribution in [0, 0.1) is 0 Å². The molecule has 2 amide bonds. The molecule has 0 atom stereocenters. The van der Waals surface area contributed by atoms with E-state index in [0.29, 0.717) is 18.1 Å². The monoisotopic (exact) mass is 510 g/mol. The summed E-state index contributed by atoms with van der Waals surface area (Å²) in [6.07, 6.45) is 0. The third-order valence-electron chi connectivity index (χ3n) is 5.55. The number of anilines is 1. The van der Waals surface area contributed by atoms with Crippen LogP contribution in [0.5, 0.6) is 5.75 Å². The molecular formula is C27H34N4O2S2. The van der Waals surface area contributed by atoms with E-state index in [-0.39, 0.29) is 22.6 Å². The number of benzene rings is 2. The molecule has 0 spiro atoms. The highest BCUT2D eigenvalue weighted by Gasteiger charge is 2.28. The zero-order valence-corrected chi connectivity index (χ0v) is 22.8. The van der Waals surface area contributed by atoms with Crippen molar-refractivity contribution in [2.45, 2.75) is 58.9 Å². The molecule has 3 rings (SSSR count). The van der Waals surface area contributed by atoms with Crippen molar-refractivity contribution in [3.63, 3.8) is 0 Å². The minimum Gasteiger partial charge on any atom is -0.507 e. The summed E-state index contributed by atoms with van der Waals surface area (Å²) in [7, 11) is 0. The lowest BCUT2D eigenvalue weighted by Gasteiger charge is -2.29. The highest BCUT2D eigenvalue weighted by Crippen LogP contribution is 2.42. The second kappa shape index (κ2) is 10.3. The number of nitrogens with one attached hydrogen (secondary N) is 1. The van der Waals surface area contributed by atoms with Gasteiger partial charge < -0.3 is 16.2 Å². The third kappa shape index (κ3) is 6.58. The summed E-state index contributed by atoms with van der Waals surface area (Å²) in [5.74, 6) is 0.739. The number of urea groups is 1. The number of thiol groups is 1. The van der Waals surface area contributed by atoms with Crippen molar-refractivity contribution < 1.29 is 9.90 Å². The number of phenolic OH excluding ortho intramolecular Hbond substituents is 1. The largest absolute Gasteiger partial charge is 0.507 e. The second-order valence-corrected chi connectivity index (χ2v) is 11.8. The van der Waals surface area contributed by atoms with E-state index in [1.54, 1.807) is 11.3 Å². The Morgan fingerprint density at radius 2 is 1.63 bits per heavy atom. The van der Waals surface area contributed by atoms with Crippen molar-refractivity contribution in [1.82, 2.24) is 5.32 Å². The van der Waals surface area contributed by atoms with Crippen LogP contribution in [0.25, 0.3) is 0 Å². The Balaban J connectivity index is 1.73. The maximum atomic E-state index is 12.9. The second-order valence-electron chi connectivity index (χ2n) is 10.5. The van der Waals surface area contributed by atoms with Gasteiger partial charge in [0.05, 0.1) is 16.3 Å². The topological polar surface area (TPSA) is 91.0 Å². The zero-order chi connectivity index (χ0) is 26.0. The van der Waals surface area contributed by atoms with Crippen molar-refractivity contribution in [1.29, 1.82) is 0 Å². The number of aliphatic imine (C=N–C) groups is 1. The van der Waals surface area contributed by atoms with E-state index < -0.39 is 0 Å². The standard InChI is InChI=1S/C27H34N4O2S2/c1-26(2,3)20-14-19(15-21(23(20)32)27(4,5)6)31(34)25(33)29-16-17-9-11-18(12-10-17)30-24(28)22-8-7-13-35-22/h7-15,32,34H,16H2,1-6H3,(H2,28,30)(H,29,33). The van der Waals surface area contributed by atoms with Gasteiger partial charge >= 0.3 is 6.03 Å². The number of rotatable bonds is 5. The maximum absolute atomic E-state index is 12.9. The molecule has 1 aromatic heterocycles. The molecule has 3 aromatic rings. The molecule has 0 radical (unpaired) electrons. The lowest BCUT2D eigenvalue weighted by atomic mass is 9.79. The van der Waals surface area contributed by atoms with Gasteiger partial charge in [0.1, 0.15) is 11.6 Å². The summed E-state index contributed by atoms with van der Waals surface area (Å²) in [5, 5.41) is 15.8. The minimum atomic E-state index is -0.359. The molecule has 35 heavy (non-hydrogen) atoms. The van der Waals surface area contributed by atoms with Crippen LogP contribution >= 0.6 is 24.2 Å². The van der Waals surface area contributed by atoms with Gasteiger partial charge in [-0.05, 0) is 52.1 Å². The van der Waals surface area contributed by atoms with E-state index in [1.165, 1.54) is 4.31 Å². The minimum absolute atomic E-state index is 0.262. The molecule has 0 aliphatic carbocycles. The molecular weight excluding hydrogens is 476 g/mol. The number of amidine groups is 1. The number of aromatic hydroxyl groups is 1. The number of phenols is 1. The first kappa shape index (κ1) is 26.6. The van der Waals surface area contributed by atoms with Crippen molar-refractivity contribution in [2.24, 2.45) is 10.7 Å². The number of carbonyl (C=O) groups is 1. The molecule has 8 heteroatoms. The average molecular weight is 511 g/mol. The van der Waals surface area contributed by atoms with Gasteiger partial charge in [-0.1, -0.05) is 72.6 Å². The molecule has 0 unspecified atom stereocenters. The van der Waals surface area contributed by atoms with E-state index in [2.05, 4.69) is 23.1 Å². The normalized spacial score (nSPS) is 12.5. The van der Waals surface area contributed by atoms with Crippen molar-refractivity contribution in [2.75, 3.05) is 4.31 Å². The van der Waals surface area contributed by atoms with Crippen molar-refractivity contribution >= 4 is 47.4 Å². The van der Waals surface area contributed by atoms with E-state index in [1.807, 2.05) is 95.5 Å². The van der Waals surface area contributed by atoms with Gasteiger partial charge in [0.2, 0.25) is 0 Å². The summed E-state index contributed by atoms with van der Waals surface area (Å²) in [6.45, 7) is 12.5. The first-order chi connectivity index (χ1) is 16.3. The van der Waals surface area contributed by atoms with E-state index in [4.69, 9.17) is 5.73 Å². The molecule has 1 heterocycles. The third-order valence-corrected chi connectivity index (χ3v) is 6.86. The molecule has 6 nitrogen and oxygen atoms in total. The Morgan fingerprint density at radius 1 is 1.06 bits per heavy atom. The summed E-state index contributed by atoms with van der Waals surface area (Å²) in [4.78, 5) is 18.3. The van der Waals surface area contributed by atoms with Gasteiger partial charge in [-0.15, -0.1) is 11.3 Å².